The van der Waals surface area contributed by atoms with E-state index >= 15 is 0 Å². The van der Waals surface area contributed by atoms with Gasteiger partial charge >= 0.3 is 0 Å². The number of halogens is 2. The van der Waals surface area contributed by atoms with Crippen LogP contribution in [0, 0.1) is 0 Å². The first kappa shape index (κ1) is 21.2. The van der Waals surface area contributed by atoms with Gasteiger partial charge in [0.05, 0.1) is 12.0 Å². The summed E-state index contributed by atoms with van der Waals surface area (Å²) in [5, 5.41) is 6.95. The molecule has 0 unspecified atom stereocenters. The zero-order valence-electron chi connectivity index (χ0n) is 14.0. The van der Waals surface area contributed by atoms with Crippen molar-refractivity contribution in [1.29, 1.82) is 0 Å². The van der Waals surface area contributed by atoms with Gasteiger partial charge in [-0.25, -0.2) is 0 Å². The van der Waals surface area contributed by atoms with Crippen LogP contribution in [0.15, 0.2) is 24.3 Å². The predicted molar refractivity (Wildman–Crippen MR) is 98.2 cm³/mol. The van der Waals surface area contributed by atoms with Crippen LogP contribution in [-0.4, -0.2) is 52.5 Å². The molecule has 0 bridgehead atoms. The summed E-state index contributed by atoms with van der Waals surface area (Å²) < 4.78 is 10.4. The lowest BCUT2D eigenvalue weighted by Gasteiger charge is -2.36. The second-order valence-electron chi connectivity index (χ2n) is 5.70. The highest BCUT2D eigenvalue weighted by Crippen LogP contribution is 2.35. The van der Waals surface area contributed by atoms with E-state index in [4.69, 9.17) is 21.1 Å². The van der Waals surface area contributed by atoms with E-state index in [1.165, 1.54) is 0 Å². The minimum atomic E-state index is -0.518. The molecule has 1 aromatic carbocycles. The van der Waals surface area contributed by atoms with Gasteiger partial charge in [0, 0.05) is 45.0 Å². The van der Waals surface area contributed by atoms with Gasteiger partial charge in [-0.3, -0.25) is 4.79 Å². The van der Waals surface area contributed by atoms with Crippen molar-refractivity contribution in [3.05, 3.63) is 34.9 Å². The van der Waals surface area contributed by atoms with Gasteiger partial charge in [0.15, 0.2) is 0 Å². The summed E-state index contributed by atoms with van der Waals surface area (Å²) in [6, 6.07) is 7.58. The molecule has 5 nitrogen and oxygen atoms in total. The summed E-state index contributed by atoms with van der Waals surface area (Å²) in [5.74, 6) is 0.0664. The van der Waals surface area contributed by atoms with Crippen LogP contribution in [0.3, 0.4) is 0 Å². The van der Waals surface area contributed by atoms with Crippen molar-refractivity contribution >= 4 is 29.9 Å². The molecule has 2 N–H and O–H groups in total. The maximum Gasteiger partial charge on any atom is 0.230 e. The molecule has 0 spiro atoms. The first-order valence-electron chi connectivity index (χ1n) is 8.01. The molecule has 1 heterocycles. The average molecular weight is 377 g/mol. The van der Waals surface area contributed by atoms with Crippen molar-refractivity contribution in [3.63, 3.8) is 0 Å². The van der Waals surface area contributed by atoms with Gasteiger partial charge < -0.3 is 20.1 Å². The Bertz CT molecular complexity index is 491. The first-order valence-corrected chi connectivity index (χ1v) is 8.38. The van der Waals surface area contributed by atoms with Crippen LogP contribution in [0.1, 0.15) is 18.4 Å². The molecule has 24 heavy (non-hydrogen) atoms. The highest BCUT2D eigenvalue weighted by atomic mass is 35.5. The Balaban J connectivity index is 0.00000288. The fourth-order valence-corrected chi connectivity index (χ4v) is 2.99. The normalized spacial score (nSPS) is 16.2. The van der Waals surface area contributed by atoms with Gasteiger partial charge in [0.25, 0.3) is 0 Å². The van der Waals surface area contributed by atoms with E-state index in [-0.39, 0.29) is 18.3 Å². The smallest absolute Gasteiger partial charge is 0.230 e. The van der Waals surface area contributed by atoms with Crippen molar-refractivity contribution in [2.24, 2.45) is 0 Å². The molecule has 1 aliphatic heterocycles. The summed E-state index contributed by atoms with van der Waals surface area (Å²) in [7, 11) is 1.67. The van der Waals surface area contributed by atoms with Crippen LogP contribution in [0.25, 0.3) is 0 Å². The molecular formula is C17H26Cl2N2O3. The number of hydrogen-bond acceptors (Lipinski definition) is 4. The molecule has 7 heteroatoms. The number of carbonyl (C=O) groups is 1. The van der Waals surface area contributed by atoms with Crippen LogP contribution in [-0.2, 0) is 19.7 Å². The van der Waals surface area contributed by atoms with E-state index in [2.05, 4.69) is 10.6 Å². The van der Waals surface area contributed by atoms with E-state index in [0.29, 0.717) is 44.2 Å². The Morgan fingerprint density at radius 2 is 1.88 bits per heavy atom. The maximum atomic E-state index is 12.8. The van der Waals surface area contributed by atoms with Crippen molar-refractivity contribution in [2.75, 3.05) is 46.6 Å². The number of amides is 1. The lowest BCUT2D eigenvalue weighted by Crippen LogP contribution is -2.49. The summed E-state index contributed by atoms with van der Waals surface area (Å²) in [4.78, 5) is 12.8. The number of carbonyl (C=O) groups excluding carboxylic acids is 1. The van der Waals surface area contributed by atoms with Gasteiger partial charge in [0.1, 0.15) is 0 Å². The third kappa shape index (κ3) is 5.60. The van der Waals surface area contributed by atoms with E-state index in [1.807, 2.05) is 24.3 Å². The fraction of sp³-hybridized carbons (Fsp3) is 0.588. The second kappa shape index (κ2) is 10.9. The molecule has 0 aromatic heterocycles. The number of ether oxygens (including phenoxy) is 2. The summed E-state index contributed by atoms with van der Waals surface area (Å²) >= 11 is 5.98. The predicted octanol–water partition coefficient (Wildman–Crippen LogP) is 2.16. The number of nitrogens with one attached hydrogen (secondary N) is 2. The van der Waals surface area contributed by atoms with Crippen LogP contribution in [0.4, 0.5) is 0 Å². The molecule has 1 saturated heterocycles. The van der Waals surface area contributed by atoms with E-state index in [9.17, 15) is 4.79 Å². The van der Waals surface area contributed by atoms with Gasteiger partial charge in [-0.2, -0.15) is 0 Å². The van der Waals surface area contributed by atoms with Crippen molar-refractivity contribution < 1.29 is 14.3 Å². The van der Waals surface area contributed by atoms with Gasteiger partial charge in [-0.05, 0) is 30.5 Å². The third-order valence-electron chi connectivity index (χ3n) is 4.25. The SMILES string of the molecule is COCCNCCNC(=O)C1(c2ccc(Cl)cc2)CCOCC1.Cl. The topological polar surface area (TPSA) is 59.6 Å². The minimum Gasteiger partial charge on any atom is -0.383 e. The molecule has 0 atom stereocenters. The monoisotopic (exact) mass is 376 g/mol. The molecule has 2 rings (SSSR count). The molecule has 1 fully saturated rings. The van der Waals surface area contributed by atoms with E-state index in [1.54, 1.807) is 7.11 Å². The number of rotatable bonds is 8. The number of benzene rings is 1. The van der Waals surface area contributed by atoms with E-state index in [0.717, 1.165) is 18.7 Å². The maximum absolute atomic E-state index is 12.8. The Hall–Kier alpha value is -0.850. The number of methoxy groups -OCH3 is 1. The number of hydrogen-bond donors (Lipinski definition) is 2. The van der Waals surface area contributed by atoms with Crippen molar-refractivity contribution in [3.8, 4) is 0 Å². The lowest BCUT2D eigenvalue weighted by atomic mass is 9.73. The van der Waals surface area contributed by atoms with Crippen LogP contribution in [0.2, 0.25) is 5.02 Å². The third-order valence-corrected chi connectivity index (χ3v) is 4.50. The Labute approximate surface area is 154 Å². The summed E-state index contributed by atoms with van der Waals surface area (Å²) in [5.41, 5.74) is 0.491. The average Bonchev–Trinajstić information content (AvgIpc) is 2.59. The van der Waals surface area contributed by atoms with Gasteiger partial charge in [-0.15, -0.1) is 12.4 Å². The Kier molecular flexibility index (Phi) is 9.63. The highest BCUT2D eigenvalue weighted by molar-refractivity contribution is 6.30. The molecule has 0 saturated carbocycles. The van der Waals surface area contributed by atoms with Crippen LogP contribution in [0.5, 0.6) is 0 Å². The zero-order chi connectivity index (χ0) is 16.5. The lowest BCUT2D eigenvalue weighted by molar-refractivity contribution is -0.130. The molecule has 0 aliphatic carbocycles. The molecule has 1 aromatic rings. The molecular weight excluding hydrogens is 351 g/mol. The second-order valence-corrected chi connectivity index (χ2v) is 6.14. The Morgan fingerprint density at radius 1 is 1.21 bits per heavy atom. The molecule has 136 valence electrons. The molecule has 1 aliphatic rings. The summed E-state index contributed by atoms with van der Waals surface area (Å²) in [6.45, 7) is 3.97. The van der Waals surface area contributed by atoms with E-state index < -0.39 is 5.41 Å². The minimum absolute atomic E-state index is 0. The largest absolute Gasteiger partial charge is 0.383 e. The molecule has 1 amide bonds. The van der Waals surface area contributed by atoms with Crippen LogP contribution < -0.4 is 10.6 Å². The highest BCUT2D eigenvalue weighted by Gasteiger charge is 2.41. The zero-order valence-corrected chi connectivity index (χ0v) is 15.5. The van der Waals surface area contributed by atoms with Crippen LogP contribution >= 0.6 is 24.0 Å². The Morgan fingerprint density at radius 3 is 2.50 bits per heavy atom. The van der Waals surface area contributed by atoms with Gasteiger partial charge in [0.2, 0.25) is 5.91 Å². The van der Waals surface area contributed by atoms with Crippen molar-refractivity contribution in [1.82, 2.24) is 10.6 Å². The molecule has 0 radical (unpaired) electrons. The fourth-order valence-electron chi connectivity index (χ4n) is 2.87. The standard InChI is InChI=1S/C17H25ClN2O3.ClH/c1-22-13-10-19-8-9-20-16(21)17(6-11-23-12-7-17)14-2-4-15(18)5-3-14;/h2-5,19H,6-13H2,1H3,(H,20,21);1H. The quantitative estimate of drug-likeness (QED) is 0.682. The van der Waals surface area contributed by atoms with Gasteiger partial charge in [-0.1, -0.05) is 23.7 Å². The first-order chi connectivity index (χ1) is 11.2. The van der Waals surface area contributed by atoms with Crippen molar-refractivity contribution in [2.45, 2.75) is 18.3 Å². The summed E-state index contributed by atoms with van der Waals surface area (Å²) in [6.07, 6.45) is 1.38.